The van der Waals surface area contributed by atoms with E-state index < -0.39 is 0 Å². The average molecular weight is 290 g/mol. The molecule has 2 unspecified atom stereocenters. The van der Waals surface area contributed by atoms with Gasteiger partial charge in [0.25, 0.3) is 0 Å². The molecule has 3 aliphatic carbocycles. The highest BCUT2D eigenvalue weighted by atomic mass is 32.1. The Bertz CT molecular complexity index is 468. The van der Waals surface area contributed by atoms with Gasteiger partial charge in [0, 0.05) is 10.9 Å². The largest absolute Gasteiger partial charge is 0.302 e. The van der Waals surface area contributed by atoms with Crippen LogP contribution in [0.2, 0.25) is 0 Å². The molecule has 1 heterocycles. The smallest absolute Gasteiger partial charge is 0.114 e. The predicted molar refractivity (Wildman–Crippen MR) is 84.2 cm³/mol. The minimum absolute atomic E-state index is 0.234. The maximum absolute atomic E-state index is 5.14. The number of aryl methyl sites for hydroxylation is 2. The third-order valence-electron chi connectivity index (χ3n) is 5.58. The van der Waals surface area contributed by atoms with E-state index in [4.69, 9.17) is 4.98 Å². The molecular weight excluding hydrogens is 264 g/mol. The van der Waals surface area contributed by atoms with E-state index in [1.165, 1.54) is 74.9 Å². The maximum Gasteiger partial charge on any atom is 0.114 e. The predicted octanol–water partition coefficient (Wildman–Crippen LogP) is 4.18. The molecule has 3 aliphatic rings. The molecule has 1 N–H and O–H groups in total. The van der Waals surface area contributed by atoms with E-state index in [0.717, 1.165) is 12.0 Å². The zero-order chi connectivity index (χ0) is 13.6. The first-order chi connectivity index (χ1) is 9.82. The van der Waals surface area contributed by atoms with Crippen LogP contribution in [0.5, 0.6) is 0 Å². The van der Waals surface area contributed by atoms with E-state index >= 15 is 0 Å². The van der Waals surface area contributed by atoms with Crippen molar-refractivity contribution in [2.24, 2.45) is 5.92 Å². The van der Waals surface area contributed by atoms with Crippen molar-refractivity contribution in [1.29, 1.82) is 0 Å². The molecule has 20 heavy (non-hydrogen) atoms. The number of hydrogen-bond acceptors (Lipinski definition) is 3. The van der Waals surface area contributed by atoms with Crippen LogP contribution in [-0.2, 0) is 18.4 Å². The van der Waals surface area contributed by atoms with Gasteiger partial charge in [0.2, 0.25) is 0 Å². The van der Waals surface area contributed by atoms with Crippen molar-refractivity contribution in [1.82, 2.24) is 10.3 Å². The lowest BCUT2D eigenvalue weighted by molar-refractivity contribution is 0.236. The van der Waals surface area contributed by atoms with Crippen molar-refractivity contribution in [3.63, 3.8) is 0 Å². The molecule has 2 atom stereocenters. The number of fused-ring (bicyclic) bond motifs is 1. The highest BCUT2D eigenvalue weighted by Gasteiger charge is 2.48. The molecule has 2 saturated carbocycles. The molecule has 0 saturated heterocycles. The summed E-state index contributed by atoms with van der Waals surface area (Å²) >= 11 is 2.05. The molecule has 0 amide bonds. The summed E-state index contributed by atoms with van der Waals surface area (Å²) in [5.74, 6) is 0.802. The topological polar surface area (TPSA) is 24.9 Å². The summed E-state index contributed by atoms with van der Waals surface area (Å²) in [6, 6.07) is 0.781. The fourth-order valence-electron chi connectivity index (χ4n) is 4.30. The molecule has 2 nitrogen and oxygen atoms in total. The SMILES string of the molecule is CCC1CCCC1(NC1CC1)c1nc2c(s1)CCCC2. The number of nitrogens with one attached hydrogen (secondary N) is 1. The summed E-state index contributed by atoms with van der Waals surface area (Å²) < 4.78 is 0. The van der Waals surface area contributed by atoms with Gasteiger partial charge in [0.1, 0.15) is 5.01 Å². The van der Waals surface area contributed by atoms with Crippen molar-refractivity contribution in [3.8, 4) is 0 Å². The molecule has 1 aromatic heterocycles. The normalized spacial score (nSPS) is 33.4. The lowest BCUT2D eigenvalue weighted by Crippen LogP contribution is -2.46. The molecule has 4 rings (SSSR count). The van der Waals surface area contributed by atoms with Crippen LogP contribution in [0.25, 0.3) is 0 Å². The van der Waals surface area contributed by atoms with Crippen molar-refractivity contribution in [2.45, 2.75) is 82.7 Å². The quantitative estimate of drug-likeness (QED) is 0.900. The molecule has 0 aromatic carbocycles. The van der Waals surface area contributed by atoms with E-state index in [9.17, 15) is 0 Å². The Morgan fingerprint density at radius 1 is 1.20 bits per heavy atom. The summed E-state index contributed by atoms with van der Waals surface area (Å²) in [5, 5.41) is 5.49. The van der Waals surface area contributed by atoms with E-state index in [-0.39, 0.29) is 5.54 Å². The Balaban J connectivity index is 1.71. The van der Waals surface area contributed by atoms with Crippen LogP contribution in [0.1, 0.15) is 73.9 Å². The van der Waals surface area contributed by atoms with Gasteiger partial charge in [-0.1, -0.05) is 19.8 Å². The second-order valence-corrected chi connectivity index (χ2v) is 8.07. The lowest BCUT2D eigenvalue weighted by Gasteiger charge is -2.35. The van der Waals surface area contributed by atoms with Gasteiger partial charge in [0.05, 0.1) is 11.2 Å². The van der Waals surface area contributed by atoms with Gasteiger partial charge in [-0.05, 0) is 57.3 Å². The van der Waals surface area contributed by atoms with Gasteiger partial charge in [-0.3, -0.25) is 0 Å². The molecule has 0 spiro atoms. The van der Waals surface area contributed by atoms with Crippen LogP contribution in [0.15, 0.2) is 0 Å². The van der Waals surface area contributed by atoms with E-state index in [1.807, 2.05) is 11.3 Å². The Morgan fingerprint density at radius 2 is 2.05 bits per heavy atom. The molecule has 0 aliphatic heterocycles. The van der Waals surface area contributed by atoms with E-state index in [1.54, 1.807) is 4.88 Å². The van der Waals surface area contributed by atoms with Gasteiger partial charge in [-0.2, -0.15) is 0 Å². The van der Waals surface area contributed by atoms with Crippen LogP contribution in [0, 0.1) is 5.92 Å². The van der Waals surface area contributed by atoms with Crippen LogP contribution >= 0.6 is 11.3 Å². The van der Waals surface area contributed by atoms with E-state index in [0.29, 0.717) is 0 Å². The van der Waals surface area contributed by atoms with Gasteiger partial charge in [0.15, 0.2) is 0 Å². The number of rotatable bonds is 4. The standard InChI is InChI=1S/C17H26N2S/c1-2-12-6-5-11-17(12,19-13-9-10-13)16-18-14-7-3-4-8-15(14)20-16/h12-13,19H,2-11H2,1H3. The first-order valence-corrected chi connectivity index (χ1v) is 9.40. The van der Waals surface area contributed by atoms with Crippen molar-refractivity contribution >= 4 is 11.3 Å². The van der Waals surface area contributed by atoms with Crippen LogP contribution in [-0.4, -0.2) is 11.0 Å². The fourth-order valence-corrected chi connectivity index (χ4v) is 5.71. The van der Waals surface area contributed by atoms with Crippen molar-refractivity contribution < 1.29 is 0 Å². The Kier molecular flexibility index (Phi) is 3.38. The van der Waals surface area contributed by atoms with Crippen LogP contribution < -0.4 is 5.32 Å². The Labute approximate surface area is 126 Å². The first-order valence-electron chi connectivity index (χ1n) is 8.58. The Morgan fingerprint density at radius 3 is 2.80 bits per heavy atom. The Hall–Kier alpha value is -0.410. The third-order valence-corrected chi connectivity index (χ3v) is 6.91. The minimum Gasteiger partial charge on any atom is -0.302 e. The van der Waals surface area contributed by atoms with Gasteiger partial charge < -0.3 is 5.32 Å². The molecule has 3 heteroatoms. The van der Waals surface area contributed by atoms with Gasteiger partial charge in [-0.15, -0.1) is 11.3 Å². The summed E-state index contributed by atoms with van der Waals surface area (Å²) in [5.41, 5.74) is 1.67. The minimum atomic E-state index is 0.234. The summed E-state index contributed by atoms with van der Waals surface area (Å²) in [7, 11) is 0. The third kappa shape index (κ3) is 2.14. The molecule has 110 valence electrons. The summed E-state index contributed by atoms with van der Waals surface area (Å²) in [6.07, 6.45) is 13.4. The molecular formula is C17H26N2S. The fraction of sp³-hybridized carbons (Fsp3) is 0.824. The highest BCUT2D eigenvalue weighted by molar-refractivity contribution is 7.11. The number of thiazole rings is 1. The molecule has 0 radical (unpaired) electrons. The lowest BCUT2D eigenvalue weighted by atomic mass is 9.85. The number of aromatic nitrogens is 1. The van der Waals surface area contributed by atoms with Crippen molar-refractivity contribution in [2.75, 3.05) is 0 Å². The number of nitrogens with zero attached hydrogens (tertiary/aromatic N) is 1. The van der Waals surface area contributed by atoms with Crippen molar-refractivity contribution in [3.05, 3.63) is 15.6 Å². The summed E-state index contributed by atoms with van der Waals surface area (Å²) in [4.78, 5) is 6.74. The first kappa shape index (κ1) is 13.3. The molecule has 1 aromatic rings. The highest BCUT2D eigenvalue weighted by Crippen LogP contribution is 2.49. The zero-order valence-corrected chi connectivity index (χ0v) is 13.4. The monoisotopic (exact) mass is 290 g/mol. The van der Waals surface area contributed by atoms with Gasteiger partial charge >= 0.3 is 0 Å². The maximum atomic E-state index is 5.14. The van der Waals surface area contributed by atoms with Crippen LogP contribution in [0.4, 0.5) is 0 Å². The average Bonchev–Trinajstić information content (AvgIpc) is 3.03. The molecule has 0 bridgehead atoms. The second-order valence-electron chi connectivity index (χ2n) is 6.98. The molecule has 2 fully saturated rings. The zero-order valence-electron chi connectivity index (χ0n) is 12.6. The van der Waals surface area contributed by atoms with Gasteiger partial charge in [-0.25, -0.2) is 4.98 Å². The van der Waals surface area contributed by atoms with E-state index in [2.05, 4.69) is 12.2 Å². The number of hydrogen-bond donors (Lipinski definition) is 1. The van der Waals surface area contributed by atoms with Crippen LogP contribution in [0.3, 0.4) is 0 Å². The summed E-state index contributed by atoms with van der Waals surface area (Å²) in [6.45, 7) is 2.37. The second kappa shape index (κ2) is 5.10.